The molecule has 20 heavy (non-hydrogen) atoms. The van der Waals surface area contributed by atoms with Crippen molar-refractivity contribution in [3.8, 4) is 6.07 Å². The van der Waals surface area contributed by atoms with Gasteiger partial charge in [-0.2, -0.15) is 5.26 Å². The van der Waals surface area contributed by atoms with Gasteiger partial charge in [-0.15, -0.1) is 0 Å². The number of hydrogen-bond acceptors (Lipinski definition) is 4. The number of hydrogen-bond donors (Lipinski definition) is 0. The van der Waals surface area contributed by atoms with E-state index in [1.54, 1.807) is 19.1 Å². The molecule has 1 rings (SSSR count). The number of esters is 1. The van der Waals surface area contributed by atoms with Crippen molar-refractivity contribution in [1.29, 1.82) is 5.26 Å². The third-order valence-corrected chi connectivity index (χ3v) is 3.23. The summed E-state index contributed by atoms with van der Waals surface area (Å²) in [5, 5.41) is 8.65. The summed E-state index contributed by atoms with van der Waals surface area (Å²) in [4.78, 5) is 24.8. The second kappa shape index (κ2) is 8.53. The quantitative estimate of drug-likeness (QED) is 0.557. The number of carbonyl (C=O) groups is 2. The summed E-state index contributed by atoms with van der Waals surface area (Å²) in [7, 11) is 0. The van der Waals surface area contributed by atoms with Crippen LogP contribution in [0.25, 0.3) is 0 Å². The van der Waals surface area contributed by atoms with Crippen LogP contribution in [0.3, 0.4) is 0 Å². The molecule has 0 aliphatic carbocycles. The van der Waals surface area contributed by atoms with Crippen LogP contribution >= 0.6 is 22.6 Å². The summed E-state index contributed by atoms with van der Waals surface area (Å²) in [6.07, 6.45) is -0.105. The van der Waals surface area contributed by atoms with Gasteiger partial charge in [0.05, 0.1) is 19.1 Å². The lowest BCUT2D eigenvalue weighted by Gasteiger charge is -2.21. The zero-order valence-corrected chi connectivity index (χ0v) is 13.3. The normalized spacial score (nSPS) is 9.65. The maximum Gasteiger partial charge on any atom is 0.307 e. The fraction of sp³-hybridized carbons (Fsp3) is 0.357. The molecule has 0 heterocycles. The van der Waals surface area contributed by atoms with E-state index in [-0.39, 0.29) is 31.3 Å². The molecule has 1 aromatic rings. The van der Waals surface area contributed by atoms with Crippen LogP contribution in [0.1, 0.15) is 19.8 Å². The lowest BCUT2D eigenvalue weighted by Crippen LogP contribution is -2.32. The lowest BCUT2D eigenvalue weighted by molar-refractivity contribution is -0.142. The molecule has 0 atom stereocenters. The van der Waals surface area contributed by atoms with Gasteiger partial charge in [0.2, 0.25) is 5.91 Å². The first-order chi connectivity index (χ1) is 9.58. The smallest absolute Gasteiger partial charge is 0.307 e. The minimum Gasteiger partial charge on any atom is -0.466 e. The number of nitrogens with zero attached hydrogens (tertiary/aromatic N) is 2. The highest BCUT2D eigenvalue weighted by Crippen LogP contribution is 2.18. The molecule has 0 saturated carbocycles. The number of anilines is 1. The number of carbonyl (C=O) groups excluding carboxylic acids is 2. The first-order valence-electron chi connectivity index (χ1n) is 6.17. The van der Waals surface area contributed by atoms with Crippen LogP contribution in [0.15, 0.2) is 24.3 Å². The van der Waals surface area contributed by atoms with Gasteiger partial charge >= 0.3 is 5.97 Å². The Bertz CT molecular complexity index is 508. The molecule has 6 heteroatoms. The van der Waals surface area contributed by atoms with Crippen LogP contribution in [0.4, 0.5) is 5.69 Å². The fourth-order valence-corrected chi connectivity index (χ4v) is 1.98. The van der Waals surface area contributed by atoms with Gasteiger partial charge in [0.25, 0.3) is 0 Å². The zero-order valence-electron chi connectivity index (χ0n) is 11.1. The molecule has 0 unspecified atom stereocenters. The van der Waals surface area contributed by atoms with E-state index in [0.29, 0.717) is 12.3 Å². The lowest BCUT2D eigenvalue weighted by atomic mass is 10.2. The summed E-state index contributed by atoms with van der Waals surface area (Å²) >= 11 is 2.17. The van der Waals surface area contributed by atoms with Gasteiger partial charge in [-0.1, -0.05) is 0 Å². The fourth-order valence-electron chi connectivity index (χ4n) is 1.62. The molecule has 0 N–H and O–H groups in total. The predicted molar refractivity (Wildman–Crippen MR) is 83.0 cm³/mol. The largest absolute Gasteiger partial charge is 0.466 e. The van der Waals surface area contributed by atoms with Gasteiger partial charge in [-0.3, -0.25) is 9.59 Å². The molecule has 0 bridgehead atoms. The summed E-state index contributed by atoms with van der Waals surface area (Å²) in [5.41, 5.74) is 0.676. The maximum absolute atomic E-state index is 11.9. The highest BCUT2D eigenvalue weighted by Gasteiger charge is 2.17. The van der Waals surface area contributed by atoms with Crippen LogP contribution in [0.5, 0.6) is 0 Å². The van der Waals surface area contributed by atoms with Crippen molar-refractivity contribution in [2.24, 2.45) is 0 Å². The van der Waals surface area contributed by atoms with Crippen LogP contribution in [0, 0.1) is 14.9 Å². The van der Waals surface area contributed by atoms with E-state index in [9.17, 15) is 9.59 Å². The van der Waals surface area contributed by atoms with Crippen LogP contribution in [-0.4, -0.2) is 25.0 Å². The van der Waals surface area contributed by atoms with Crippen molar-refractivity contribution in [2.45, 2.75) is 19.8 Å². The number of ether oxygens (including phenoxy) is 1. The Morgan fingerprint density at radius 3 is 2.55 bits per heavy atom. The van der Waals surface area contributed by atoms with Gasteiger partial charge in [0.1, 0.15) is 6.42 Å². The molecular formula is C14H15IN2O3. The second-order valence-corrected chi connectivity index (χ2v) is 5.16. The summed E-state index contributed by atoms with van der Waals surface area (Å²) in [6, 6.07) is 9.16. The minimum absolute atomic E-state index is 0.108. The van der Waals surface area contributed by atoms with E-state index in [2.05, 4.69) is 22.6 Å². The van der Waals surface area contributed by atoms with Crippen molar-refractivity contribution in [3.63, 3.8) is 0 Å². The summed E-state index contributed by atoms with van der Waals surface area (Å²) in [5.74, 6) is -0.675. The summed E-state index contributed by atoms with van der Waals surface area (Å²) < 4.78 is 5.89. The molecule has 0 fully saturated rings. The highest BCUT2D eigenvalue weighted by molar-refractivity contribution is 14.1. The molecule has 5 nitrogen and oxygen atoms in total. The first-order valence-corrected chi connectivity index (χ1v) is 7.24. The average Bonchev–Trinajstić information content (AvgIpc) is 2.41. The topological polar surface area (TPSA) is 70.4 Å². The molecule has 0 aromatic heterocycles. The number of nitriles is 1. The van der Waals surface area contributed by atoms with Crippen LogP contribution < -0.4 is 4.90 Å². The van der Waals surface area contributed by atoms with Gasteiger partial charge < -0.3 is 9.64 Å². The Kier molecular flexibility index (Phi) is 7.01. The van der Waals surface area contributed by atoms with Gasteiger partial charge in [-0.05, 0) is 53.8 Å². The van der Waals surface area contributed by atoms with Crippen LogP contribution in [-0.2, 0) is 14.3 Å². The number of rotatable bonds is 6. The zero-order chi connectivity index (χ0) is 15.0. The molecule has 0 radical (unpaired) electrons. The molecule has 0 saturated heterocycles. The second-order valence-electron chi connectivity index (χ2n) is 3.91. The third-order valence-electron chi connectivity index (χ3n) is 2.51. The standard InChI is InChI=1S/C14H15IN2O3/c1-2-20-14(19)8-10-17(13(18)7-9-16)12-5-3-11(15)4-6-12/h3-6H,2,7-8,10H2,1H3. The number of benzene rings is 1. The van der Waals surface area contributed by atoms with Gasteiger partial charge in [0, 0.05) is 15.8 Å². The van der Waals surface area contributed by atoms with E-state index >= 15 is 0 Å². The summed E-state index contributed by atoms with van der Waals surface area (Å²) in [6.45, 7) is 2.25. The molecule has 0 aliphatic heterocycles. The molecule has 0 aliphatic rings. The van der Waals surface area contributed by atoms with E-state index in [1.807, 2.05) is 18.2 Å². The molecule has 1 aromatic carbocycles. The van der Waals surface area contributed by atoms with E-state index in [0.717, 1.165) is 3.57 Å². The first kappa shape index (κ1) is 16.4. The Hall–Kier alpha value is -1.62. The predicted octanol–water partition coefficient (Wildman–Crippen LogP) is 2.49. The Morgan fingerprint density at radius 1 is 1.35 bits per heavy atom. The van der Waals surface area contributed by atoms with E-state index in [1.165, 1.54) is 4.90 Å². The molecular weight excluding hydrogens is 371 g/mol. The molecule has 1 amide bonds. The van der Waals surface area contributed by atoms with E-state index < -0.39 is 0 Å². The van der Waals surface area contributed by atoms with Crippen molar-refractivity contribution in [3.05, 3.63) is 27.8 Å². The number of amides is 1. The maximum atomic E-state index is 11.9. The monoisotopic (exact) mass is 386 g/mol. The highest BCUT2D eigenvalue weighted by atomic mass is 127. The van der Waals surface area contributed by atoms with Crippen molar-refractivity contribution < 1.29 is 14.3 Å². The van der Waals surface area contributed by atoms with E-state index in [4.69, 9.17) is 10.00 Å². The third kappa shape index (κ3) is 5.17. The van der Waals surface area contributed by atoms with Crippen molar-refractivity contribution in [2.75, 3.05) is 18.1 Å². The number of halogens is 1. The SMILES string of the molecule is CCOC(=O)CCN(C(=O)CC#N)c1ccc(I)cc1. The van der Waals surface area contributed by atoms with Crippen molar-refractivity contribution >= 4 is 40.2 Å². The van der Waals surface area contributed by atoms with Crippen molar-refractivity contribution in [1.82, 2.24) is 0 Å². The van der Waals surface area contributed by atoms with Crippen LogP contribution in [0.2, 0.25) is 0 Å². The Balaban J connectivity index is 2.80. The van der Waals surface area contributed by atoms with Gasteiger partial charge in [0.15, 0.2) is 0 Å². The molecule has 0 spiro atoms. The Morgan fingerprint density at radius 2 is 2.00 bits per heavy atom. The average molecular weight is 386 g/mol. The minimum atomic E-state index is -0.354. The van der Waals surface area contributed by atoms with Gasteiger partial charge in [-0.25, -0.2) is 0 Å². The molecule has 106 valence electrons. The Labute approximate surface area is 131 Å².